The zero-order valence-corrected chi connectivity index (χ0v) is 23.0. The number of aliphatic imine (C=N–C) groups is 1. The van der Waals surface area contributed by atoms with E-state index in [1.165, 1.54) is 0 Å². The highest BCUT2D eigenvalue weighted by atomic mass is 32.2. The molecule has 0 radical (unpaired) electrons. The van der Waals surface area contributed by atoms with Crippen LogP contribution in [0.3, 0.4) is 0 Å². The number of rotatable bonds is 7. The van der Waals surface area contributed by atoms with E-state index in [-0.39, 0.29) is 18.2 Å². The number of amidine groups is 1. The lowest BCUT2D eigenvalue weighted by atomic mass is 10.0. The second-order valence-electron chi connectivity index (χ2n) is 10.4. The minimum absolute atomic E-state index is 0.133. The van der Waals surface area contributed by atoms with E-state index in [2.05, 4.69) is 33.8 Å². The van der Waals surface area contributed by atoms with Gasteiger partial charge in [0.25, 0.3) is 11.9 Å². The van der Waals surface area contributed by atoms with Gasteiger partial charge in [-0.3, -0.25) is 9.59 Å². The van der Waals surface area contributed by atoms with Crippen molar-refractivity contribution in [1.29, 1.82) is 0 Å². The fourth-order valence-electron chi connectivity index (χ4n) is 4.62. The third-order valence-electron chi connectivity index (χ3n) is 6.44. The maximum absolute atomic E-state index is 13.7. The first kappa shape index (κ1) is 26.8. The monoisotopic (exact) mass is 543 g/mol. The van der Waals surface area contributed by atoms with Gasteiger partial charge < -0.3 is 26.0 Å². The standard InChI is InChI=1S/C30H33N5O3S/c1-30(2,31)17-27(36)33-24-19-39-26-10-6-5-9-25(26)35(28(24)37)18-20-11-13-21(14-12-20)22-7-3-4-8-23(22)34-29-32-15-16-38-29/h3-14,24H,15-19,31H2,1-2H3,(H,32,34)(H,33,36)/t24-/m1/s1. The molecule has 2 heterocycles. The molecular weight excluding hydrogens is 510 g/mol. The minimum Gasteiger partial charge on any atom is -0.463 e. The molecule has 5 rings (SSSR count). The van der Waals surface area contributed by atoms with Crippen LogP contribution < -0.4 is 21.3 Å². The molecular formula is C30H33N5O3S. The van der Waals surface area contributed by atoms with Crippen molar-refractivity contribution in [2.24, 2.45) is 10.7 Å². The Kier molecular flexibility index (Phi) is 7.90. The van der Waals surface area contributed by atoms with Crippen molar-refractivity contribution in [2.45, 2.75) is 43.3 Å². The Bertz CT molecular complexity index is 1380. The molecule has 0 bridgehead atoms. The lowest BCUT2D eigenvalue weighted by Crippen LogP contribution is -2.51. The second kappa shape index (κ2) is 11.5. The van der Waals surface area contributed by atoms with Crippen molar-refractivity contribution < 1.29 is 14.3 Å². The largest absolute Gasteiger partial charge is 0.463 e. The number of anilines is 2. The number of hydrogen-bond acceptors (Lipinski definition) is 7. The molecule has 0 fully saturated rings. The summed E-state index contributed by atoms with van der Waals surface area (Å²) in [6.07, 6.45) is 0.145. The Hall–Kier alpha value is -3.82. The van der Waals surface area contributed by atoms with E-state index in [0.29, 0.717) is 31.5 Å². The molecule has 0 aromatic heterocycles. The van der Waals surface area contributed by atoms with Gasteiger partial charge in [-0.15, -0.1) is 11.8 Å². The molecule has 0 unspecified atom stereocenters. The van der Waals surface area contributed by atoms with Crippen molar-refractivity contribution in [3.8, 4) is 11.1 Å². The molecule has 2 aliphatic heterocycles. The van der Waals surface area contributed by atoms with Crippen molar-refractivity contribution in [1.82, 2.24) is 5.32 Å². The van der Waals surface area contributed by atoms with E-state index in [0.717, 1.165) is 33.0 Å². The number of benzene rings is 3. The average molecular weight is 544 g/mol. The molecule has 0 spiro atoms. The molecule has 4 N–H and O–H groups in total. The normalized spacial score (nSPS) is 17.1. The number of hydrogen-bond donors (Lipinski definition) is 3. The van der Waals surface area contributed by atoms with Gasteiger partial charge in [0.2, 0.25) is 5.91 Å². The first-order chi connectivity index (χ1) is 18.8. The summed E-state index contributed by atoms with van der Waals surface area (Å²) in [5.74, 6) is 0.102. The number of para-hydroxylation sites is 2. The van der Waals surface area contributed by atoms with Gasteiger partial charge in [-0.25, -0.2) is 4.99 Å². The Morgan fingerprint density at radius 3 is 2.59 bits per heavy atom. The third-order valence-corrected chi connectivity index (χ3v) is 7.59. The van der Waals surface area contributed by atoms with Crippen molar-refractivity contribution >= 4 is 41.0 Å². The van der Waals surface area contributed by atoms with Gasteiger partial charge in [-0.2, -0.15) is 0 Å². The van der Waals surface area contributed by atoms with Crippen LogP contribution in [-0.4, -0.2) is 48.3 Å². The Balaban J connectivity index is 1.37. The van der Waals surface area contributed by atoms with E-state index in [1.807, 2.05) is 54.6 Å². The highest BCUT2D eigenvalue weighted by Crippen LogP contribution is 2.35. The summed E-state index contributed by atoms with van der Waals surface area (Å²) in [4.78, 5) is 33.5. The summed E-state index contributed by atoms with van der Waals surface area (Å²) in [6, 6.07) is 24.0. The predicted octanol–water partition coefficient (Wildman–Crippen LogP) is 4.40. The van der Waals surface area contributed by atoms with Gasteiger partial charge in [0.15, 0.2) is 0 Å². The van der Waals surface area contributed by atoms with Crippen molar-refractivity contribution in [2.75, 3.05) is 29.1 Å². The van der Waals surface area contributed by atoms with Crippen LogP contribution in [0.1, 0.15) is 25.8 Å². The topological polar surface area (TPSA) is 109 Å². The van der Waals surface area contributed by atoms with Gasteiger partial charge in [0, 0.05) is 28.2 Å². The van der Waals surface area contributed by atoms with Crippen molar-refractivity contribution in [3.63, 3.8) is 0 Å². The number of nitrogens with zero attached hydrogens (tertiary/aromatic N) is 2. The van der Waals surface area contributed by atoms with Crippen LogP contribution in [0.4, 0.5) is 11.4 Å². The molecule has 0 saturated carbocycles. The first-order valence-corrected chi connectivity index (χ1v) is 14.0. The summed E-state index contributed by atoms with van der Waals surface area (Å²) in [5, 5.41) is 6.20. The maximum atomic E-state index is 13.7. The number of carbonyl (C=O) groups is 2. The average Bonchev–Trinajstić information content (AvgIpc) is 3.38. The summed E-state index contributed by atoms with van der Waals surface area (Å²) >= 11 is 1.57. The third kappa shape index (κ3) is 6.61. The molecule has 39 heavy (non-hydrogen) atoms. The van der Waals surface area contributed by atoms with Crippen LogP contribution in [0.25, 0.3) is 11.1 Å². The van der Waals surface area contributed by atoms with E-state index < -0.39 is 11.6 Å². The van der Waals surface area contributed by atoms with Crippen molar-refractivity contribution in [3.05, 3.63) is 78.4 Å². The minimum atomic E-state index is -0.652. The fourth-order valence-corrected chi connectivity index (χ4v) is 5.69. The van der Waals surface area contributed by atoms with Crippen LogP contribution in [0.2, 0.25) is 0 Å². The van der Waals surface area contributed by atoms with E-state index in [4.69, 9.17) is 10.5 Å². The number of amides is 2. The molecule has 1 atom stereocenters. The molecule has 0 aliphatic carbocycles. The molecule has 3 aromatic rings. The lowest BCUT2D eigenvalue weighted by molar-refractivity contribution is -0.127. The van der Waals surface area contributed by atoms with E-state index in [9.17, 15) is 9.59 Å². The number of nitrogens with one attached hydrogen (secondary N) is 2. The zero-order chi connectivity index (χ0) is 27.4. The molecule has 8 nitrogen and oxygen atoms in total. The van der Waals surface area contributed by atoms with Crippen LogP contribution in [0.15, 0.2) is 82.7 Å². The molecule has 0 saturated heterocycles. The summed E-state index contributed by atoms with van der Waals surface area (Å²) in [7, 11) is 0. The number of ether oxygens (including phenoxy) is 1. The molecule has 202 valence electrons. The maximum Gasteiger partial charge on any atom is 0.289 e. The van der Waals surface area contributed by atoms with Gasteiger partial charge in [-0.05, 0) is 43.2 Å². The molecule has 2 aliphatic rings. The lowest BCUT2D eigenvalue weighted by Gasteiger charge is -2.27. The number of carbonyl (C=O) groups excluding carboxylic acids is 2. The van der Waals surface area contributed by atoms with E-state index in [1.54, 1.807) is 30.5 Å². The van der Waals surface area contributed by atoms with Gasteiger partial charge in [0.05, 0.1) is 24.5 Å². The summed E-state index contributed by atoms with van der Waals surface area (Å²) in [5.41, 5.74) is 10.2. The fraction of sp³-hybridized carbons (Fsp3) is 0.300. The molecule has 2 amide bonds. The Morgan fingerprint density at radius 1 is 1.10 bits per heavy atom. The van der Waals surface area contributed by atoms with Gasteiger partial charge in [-0.1, -0.05) is 54.6 Å². The number of thioether (sulfide) groups is 1. The molecule has 3 aromatic carbocycles. The predicted molar refractivity (Wildman–Crippen MR) is 157 cm³/mol. The van der Waals surface area contributed by atoms with Gasteiger partial charge >= 0.3 is 0 Å². The molecule has 9 heteroatoms. The number of fused-ring (bicyclic) bond motifs is 1. The van der Waals surface area contributed by atoms with E-state index >= 15 is 0 Å². The van der Waals surface area contributed by atoms with Gasteiger partial charge in [0.1, 0.15) is 12.6 Å². The quantitative estimate of drug-likeness (QED) is 0.408. The zero-order valence-electron chi connectivity index (χ0n) is 22.1. The van der Waals surface area contributed by atoms with Crippen LogP contribution in [0.5, 0.6) is 0 Å². The summed E-state index contributed by atoms with van der Waals surface area (Å²) < 4.78 is 5.52. The number of nitrogens with two attached hydrogens (primary N) is 1. The second-order valence-corrected chi connectivity index (χ2v) is 11.5. The Morgan fingerprint density at radius 2 is 1.85 bits per heavy atom. The first-order valence-electron chi connectivity index (χ1n) is 13.0. The SMILES string of the molecule is CC(C)(N)CC(=O)N[C@@H]1CSc2ccccc2N(Cc2ccc(-c3ccccc3NC3=NCCO3)cc2)C1=O. The Labute approximate surface area is 233 Å². The van der Waals surface area contributed by atoms with Crippen LogP contribution >= 0.6 is 11.8 Å². The smallest absolute Gasteiger partial charge is 0.289 e. The highest BCUT2D eigenvalue weighted by molar-refractivity contribution is 7.99. The summed E-state index contributed by atoms with van der Waals surface area (Å²) in [6.45, 7) is 5.23. The van der Waals surface area contributed by atoms with Crippen LogP contribution in [-0.2, 0) is 20.9 Å². The highest BCUT2D eigenvalue weighted by Gasteiger charge is 2.32. The van der Waals surface area contributed by atoms with Crippen LogP contribution in [0, 0.1) is 0 Å².